The van der Waals surface area contributed by atoms with Gasteiger partial charge in [-0.3, -0.25) is 9.59 Å². The summed E-state index contributed by atoms with van der Waals surface area (Å²) in [6.07, 6.45) is 0.649. The monoisotopic (exact) mass is 480 g/mol. The van der Waals surface area contributed by atoms with Gasteiger partial charge in [0, 0.05) is 19.1 Å². The number of amides is 2. The maximum Gasteiger partial charge on any atom is 0.408 e. The van der Waals surface area contributed by atoms with Crippen molar-refractivity contribution in [3.05, 3.63) is 59.7 Å². The van der Waals surface area contributed by atoms with Crippen molar-refractivity contribution in [3.8, 4) is 11.1 Å². The molecule has 35 heavy (non-hydrogen) atoms. The molecule has 0 saturated carbocycles. The van der Waals surface area contributed by atoms with Gasteiger partial charge >= 0.3 is 12.1 Å². The number of nitrogens with one attached hydrogen (secondary N) is 2. The highest BCUT2D eigenvalue weighted by molar-refractivity contribution is 5.90. The normalized spacial score (nSPS) is 20.7. The summed E-state index contributed by atoms with van der Waals surface area (Å²) in [5, 5.41) is 15.1. The van der Waals surface area contributed by atoms with E-state index in [4.69, 9.17) is 9.47 Å². The summed E-state index contributed by atoms with van der Waals surface area (Å²) in [6.45, 7) is 4.02. The summed E-state index contributed by atoms with van der Waals surface area (Å²) >= 11 is 0. The van der Waals surface area contributed by atoms with E-state index in [2.05, 4.69) is 22.8 Å². The van der Waals surface area contributed by atoms with Crippen LogP contribution in [0.5, 0.6) is 0 Å². The summed E-state index contributed by atoms with van der Waals surface area (Å²) in [5.41, 5.74) is 2.06. The zero-order valence-electron chi connectivity index (χ0n) is 20.1. The maximum atomic E-state index is 13.0. The van der Waals surface area contributed by atoms with E-state index < -0.39 is 28.9 Å². The predicted molar refractivity (Wildman–Crippen MR) is 130 cm³/mol. The Morgan fingerprint density at radius 2 is 1.74 bits per heavy atom. The van der Waals surface area contributed by atoms with Crippen molar-refractivity contribution in [2.75, 3.05) is 26.4 Å². The number of rotatable bonds is 8. The van der Waals surface area contributed by atoms with Gasteiger partial charge in [0.25, 0.3) is 0 Å². The maximum absolute atomic E-state index is 13.0. The zero-order chi connectivity index (χ0) is 25.1. The Bertz CT molecular complexity index is 1060. The molecular formula is C27H32N2O6. The van der Waals surface area contributed by atoms with Crippen molar-refractivity contribution in [1.82, 2.24) is 10.6 Å². The summed E-state index contributed by atoms with van der Waals surface area (Å²) in [6, 6.07) is 16.1. The lowest BCUT2D eigenvalue weighted by molar-refractivity contribution is -0.157. The number of alkyl carbamates (subject to hydrolysis) is 1. The lowest BCUT2D eigenvalue weighted by Crippen LogP contribution is -2.59. The number of fused-ring (bicyclic) bond motifs is 3. The number of carbonyl (C=O) groups is 3. The van der Waals surface area contributed by atoms with Gasteiger partial charge in [-0.2, -0.15) is 0 Å². The van der Waals surface area contributed by atoms with Crippen LogP contribution in [0, 0.1) is 5.41 Å². The fourth-order valence-corrected chi connectivity index (χ4v) is 4.85. The lowest BCUT2D eigenvalue weighted by atomic mass is 9.82. The highest BCUT2D eigenvalue weighted by Crippen LogP contribution is 2.44. The van der Waals surface area contributed by atoms with Crippen LogP contribution in [0.1, 0.15) is 50.2 Å². The second kappa shape index (κ2) is 10.1. The zero-order valence-corrected chi connectivity index (χ0v) is 20.1. The van der Waals surface area contributed by atoms with Crippen LogP contribution < -0.4 is 10.6 Å². The molecule has 2 unspecified atom stereocenters. The number of ether oxygens (including phenoxy) is 2. The van der Waals surface area contributed by atoms with Gasteiger partial charge in [-0.1, -0.05) is 55.5 Å². The van der Waals surface area contributed by atoms with Gasteiger partial charge in [0.2, 0.25) is 5.91 Å². The highest BCUT2D eigenvalue weighted by atomic mass is 16.5. The van der Waals surface area contributed by atoms with Gasteiger partial charge in [0.05, 0.1) is 6.61 Å². The number of benzene rings is 2. The second-order valence-corrected chi connectivity index (χ2v) is 9.56. The quantitative estimate of drug-likeness (QED) is 0.531. The number of carboxylic acid groups (broad SMARTS) is 1. The Kier molecular flexibility index (Phi) is 7.12. The molecule has 8 heteroatoms. The Hall–Kier alpha value is -3.39. The molecule has 0 radical (unpaired) electrons. The number of aliphatic carboxylic acids is 1. The molecule has 2 aromatic carbocycles. The molecule has 3 N–H and O–H groups in total. The lowest BCUT2D eigenvalue weighted by Gasteiger charge is -2.35. The van der Waals surface area contributed by atoms with Crippen LogP contribution in [0.15, 0.2) is 48.5 Å². The molecule has 4 rings (SSSR count). The van der Waals surface area contributed by atoms with Gasteiger partial charge < -0.3 is 25.2 Å². The summed E-state index contributed by atoms with van der Waals surface area (Å²) in [4.78, 5) is 37.6. The molecule has 2 amide bonds. The second-order valence-electron chi connectivity index (χ2n) is 9.56. The van der Waals surface area contributed by atoms with Crippen LogP contribution in [-0.2, 0) is 19.1 Å². The SMILES string of the molecule is CCC(C)(NC(=O)OCC1c2ccccc2-c2ccccc21)C(=O)NCC1(C(=O)O)CCCOC1. The molecule has 0 bridgehead atoms. The van der Waals surface area contributed by atoms with Crippen LogP contribution >= 0.6 is 0 Å². The number of carboxylic acids is 1. The topological polar surface area (TPSA) is 114 Å². The molecule has 1 aliphatic heterocycles. The van der Waals surface area contributed by atoms with Crippen molar-refractivity contribution < 1.29 is 29.0 Å². The molecule has 1 saturated heterocycles. The van der Waals surface area contributed by atoms with Gasteiger partial charge in [-0.15, -0.1) is 0 Å². The Labute approximate surface area is 205 Å². The van der Waals surface area contributed by atoms with E-state index in [0.29, 0.717) is 25.9 Å². The average Bonchev–Trinajstić information content (AvgIpc) is 3.20. The predicted octanol–water partition coefficient (Wildman–Crippen LogP) is 3.69. The molecular weight excluding hydrogens is 448 g/mol. The van der Waals surface area contributed by atoms with Crippen molar-refractivity contribution >= 4 is 18.0 Å². The number of carbonyl (C=O) groups excluding carboxylic acids is 2. The molecule has 8 nitrogen and oxygen atoms in total. The van der Waals surface area contributed by atoms with E-state index in [-0.39, 0.29) is 25.7 Å². The van der Waals surface area contributed by atoms with Crippen LogP contribution in [0.25, 0.3) is 11.1 Å². The van der Waals surface area contributed by atoms with E-state index >= 15 is 0 Å². The smallest absolute Gasteiger partial charge is 0.408 e. The Balaban J connectivity index is 1.38. The van der Waals surface area contributed by atoms with E-state index in [9.17, 15) is 19.5 Å². The van der Waals surface area contributed by atoms with Gasteiger partial charge in [-0.25, -0.2) is 4.79 Å². The van der Waals surface area contributed by atoms with E-state index in [1.54, 1.807) is 13.8 Å². The van der Waals surface area contributed by atoms with Crippen LogP contribution in [0.2, 0.25) is 0 Å². The molecule has 186 valence electrons. The molecule has 2 aliphatic rings. The van der Waals surface area contributed by atoms with Crippen LogP contribution in [-0.4, -0.2) is 55.0 Å². The van der Waals surface area contributed by atoms with Gasteiger partial charge in [-0.05, 0) is 48.4 Å². The summed E-state index contributed by atoms with van der Waals surface area (Å²) in [5.74, 6) is -1.54. The standard InChI is InChI=1S/C27H32N2O6/c1-3-26(2,23(30)28-16-27(24(31)32)13-8-14-34-17-27)29-25(33)35-15-22-20-11-6-4-9-18(20)19-10-5-7-12-21(19)22/h4-7,9-12,22H,3,8,13-17H2,1-2H3,(H,28,30)(H,29,33)(H,31,32). The van der Waals surface area contributed by atoms with E-state index in [1.165, 1.54) is 0 Å². The first kappa shape index (κ1) is 24.7. The summed E-state index contributed by atoms with van der Waals surface area (Å²) < 4.78 is 11.0. The average molecular weight is 481 g/mol. The van der Waals surface area contributed by atoms with Crippen molar-refractivity contribution in [2.45, 2.75) is 44.6 Å². The highest BCUT2D eigenvalue weighted by Gasteiger charge is 2.43. The van der Waals surface area contributed by atoms with Gasteiger partial charge in [0.1, 0.15) is 17.6 Å². The third-order valence-electron chi connectivity index (χ3n) is 7.29. The fraction of sp³-hybridized carbons (Fsp3) is 0.444. The Morgan fingerprint density at radius 3 is 2.29 bits per heavy atom. The first-order valence-electron chi connectivity index (χ1n) is 12.0. The first-order chi connectivity index (χ1) is 16.8. The number of hydrogen-bond acceptors (Lipinski definition) is 5. The first-order valence-corrected chi connectivity index (χ1v) is 12.0. The molecule has 0 aromatic heterocycles. The van der Waals surface area contributed by atoms with Crippen molar-refractivity contribution in [1.29, 1.82) is 0 Å². The van der Waals surface area contributed by atoms with E-state index in [1.807, 2.05) is 36.4 Å². The largest absolute Gasteiger partial charge is 0.481 e. The molecule has 2 aromatic rings. The van der Waals surface area contributed by atoms with Crippen LogP contribution in [0.4, 0.5) is 4.79 Å². The fourth-order valence-electron chi connectivity index (χ4n) is 4.85. The van der Waals surface area contributed by atoms with Crippen molar-refractivity contribution in [2.24, 2.45) is 5.41 Å². The minimum absolute atomic E-state index is 0.0469. The molecule has 1 fully saturated rings. The van der Waals surface area contributed by atoms with Crippen molar-refractivity contribution in [3.63, 3.8) is 0 Å². The third-order valence-corrected chi connectivity index (χ3v) is 7.29. The molecule has 1 heterocycles. The van der Waals surface area contributed by atoms with Gasteiger partial charge in [0.15, 0.2) is 0 Å². The molecule has 0 spiro atoms. The van der Waals surface area contributed by atoms with Crippen LogP contribution in [0.3, 0.4) is 0 Å². The third kappa shape index (κ3) is 4.89. The summed E-state index contributed by atoms with van der Waals surface area (Å²) in [7, 11) is 0. The van der Waals surface area contributed by atoms with E-state index in [0.717, 1.165) is 22.3 Å². The Morgan fingerprint density at radius 1 is 1.11 bits per heavy atom. The molecule has 1 aliphatic carbocycles. The minimum Gasteiger partial charge on any atom is -0.481 e. The number of hydrogen-bond donors (Lipinski definition) is 3. The molecule has 2 atom stereocenters. The minimum atomic E-state index is -1.25.